The molecule has 5 heteroatoms. The van der Waals surface area contributed by atoms with Crippen molar-refractivity contribution < 1.29 is 14.3 Å². The molecule has 0 unspecified atom stereocenters. The average molecular weight is 246 g/mol. The van der Waals surface area contributed by atoms with Gasteiger partial charge in [0.25, 0.3) is 5.91 Å². The normalized spacial score (nSPS) is 10.1. The van der Waals surface area contributed by atoms with Gasteiger partial charge in [-0.2, -0.15) is 0 Å². The molecule has 0 saturated carbocycles. The first-order valence-electron chi connectivity index (χ1n) is 5.28. The maximum Gasteiger partial charge on any atom is 0.259 e. The van der Waals surface area contributed by atoms with E-state index in [0.29, 0.717) is 11.3 Å². The van der Waals surface area contributed by atoms with E-state index in [-0.39, 0.29) is 17.1 Å². The van der Waals surface area contributed by atoms with Crippen LogP contribution in [0.15, 0.2) is 36.7 Å². The molecule has 1 amide bonds. The summed E-state index contributed by atoms with van der Waals surface area (Å²) in [5.74, 6) is -1.01. The zero-order chi connectivity index (χ0) is 13.1. The van der Waals surface area contributed by atoms with Gasteiger partial charge in [-0.05, 0) is 36.8 Å². The number of carbonyl (C=O) groups is 1. The van der Waals surface area contributed by atoms with E-state index in [9.17, 15) is 14.3 Å². The highest BCUT2D eigenvalue weighted by Crippen LogP contribution is 2.18. The van der Waals surface area contributed by atoms with Crippen molar-refractivity contribution in [3.63, 3.8) is 0 Å². The summed E-state index contributed by atoms with van der Waals surface area (Å²) >= 11 is 0. The van der Waals surface area contributed by atoms with Gasteiger partial charge in [-0.15, -0.1) is 0 Å². The fourth-order valence-corrected chi connectivity index (χ4v) is 1.50. The van der Waals surface area contributed by atoms with Gasteiger partial charge in [0.15, 0.2) is 0 Å². The van der Waals surface area contributed by atoms with E-state index in [1.807, 2.05) is 0 Å². The maximum absolute atomic E-state index is 13.1. The lowest BCUT2D eigenvalue weighted by Crippen LogP contribution is -2.12. The number of amides is 1. The van der Waals surface area contributed by atoms with Crippen molar-refractivity contribution in [3.05, 3.63) is 53.6 Å². The summed E-state index contributed by atoms with van der Waals surface area (Å²) in [6.45, 7) is 1.61. The number of rotatable bonds is 2. The first kappa shape index (κ1) is 12.0. The highest BCUT2D eigenvalue weighted by atomic mass is 19.1. The van der Waals surface area contributed by atoms with Crippen LogP contribution in [0.1, 0.15) is 15.9 Å². The number of nitrogens with zero attached hydrogens (tertiary/aromatic N) is 1. The Hall–Kier alpha value is -2.43. The maximum atomic E-state index is 13.1. The molecular formula is C13H11FN2O2. The summed E-state index contributed by atoms with van der Waals surface area (Å²) in [5, 5.41) is 12.0. The third kappa shape index (κ3) is 2.45. The van der Waals surface area contributed by atoms with Gasteiger partial charge >= 0.3 is 0 Å². The number of carbonyl (C=O) groups excluding carboxylic acids is 1. The number of hydrogen-bond acceptors (Lipinski definition) is 3. The van der Waals surface area contributed by atoms with Crippen LogP contribution < -0.4 is 5.32 Å². The molecule has 2 rings (SSSR count). The Morgan fingerprint density at radius 2 is 2.17 bits per heavy atom. The van der Waals surface area contributed by atoms with Gasteiger partial charge in [0.2, 0.25) is 0 Å². The third-order valence-electron chi connectivity index (χ3n) is 2.46. The molecule has 1 heterocycles. The Bertz CT molecular complexity index is 599. The fourth-order valence-electron chi connectivity index (χ4n) is 1.50. The number of aromatic nitrogens is 1. The Kier molecular flexibility index (Phi) is 3.23. The van der Waals surface area contributed by atoms with E-state index in [1.54, 1.807) is 6.92 Å². The smallest absolute Gasteiger partial charge is 0.259 e. The predicted octanol–water partition coefficient (Wildman–Crippen LogP) is 2.49. The van der Waals surface area contributed by atoms with Gasteiger partial charge in [-0.1, -0.05) is 0 Å². The van der Waals surface area contributed by atoms with E-state index in [2.05, 4.69) is 10.3 Å². The Morgan fingerprint density at radius 3 is 2.83 bits per heavy atom. The van der Waals surface area contributed by atoms with Crippen LogP contribution in [0.3, 0.4) is 0 Å². The molecular weight excluding hydrogens is 235 g/mol. The zero-order valence-corrected chi connectivity index (χ0v) is 9.64. The summed E-state index contributed by atoms with van der Waals surface area (Å²) in [6.07, 6.45) is 2.59. The minimum atomic E-state index is -0.471. The fraction of sp³-hybridized carbons (Fsp3) is 0.0769. The van der Waals surface area contributed by atoms with Crippen molar-refractivity contribution in [3.8, 4) is 5.75 Å². The van der Waals surface area contributed by atoms with Crippen molar-refractivity contribution in [2.24, 2.45) is 0 Å². The van der Waals surface area contributed by atoms with Crippen molar-refractivity contribution in [1.82, 2.24) is 4.98 Å². The van der Waals surface area contributed by atoms with Crippen LogP contribution in [0.4, 0.5) is 10.1 Å². The van der Waals surface area contributed by atoms with Crippen LogP contribution in [0.2, 0.25) is 0 Å². The molecule has 0 radical (unpaired) electrons. The monoisotopic (exact) mass is 246 g/mol. The van der Waals surface area contributed by atoms with Gasteiger partial charge in [-0.3, -0.25) is 9.78 Å². The summed E-state index contributed by atoms with van der Waals surface area (Å²) < 4.78 is 13.1. The Balaban J connectivity index is 2.22. The number of pyridine rings is 1. The molecule has 2 aromatic rings. The number of anilines is 1. The molecule has 0 aliphatic carbocycles. The lowest BCUT2D eigenvalue weighted by atomic mass is 10.2. The number of benzene rings is 1. The van der Waals surface area contributed by atoms with Crippen molar-refractivity contribution in [2.45, 2.75) is 6.92 Å². The third-order valence-corrected chi connectivity index (χ3v) is 2.46. The number of hydrogen-bond donors (Lipinski definition) is 2. The molecule has 0 aliphatic heterocycles. The van der Waals surface area contributed by atoms with Gasteiger partial charge in [-0.25, -0.2) is 4.39 Å². The van der Waals surface area contributed by atoms with E-state index in [4.69, 9.17) is 0 Å². The van der Waals surface area contributed by atoms with Crippen molar-refractivity contribution in [1.29, 1.82) is 0 Å². The van der Waals surface area contributed by atoms with Crippen molar-refractivity contribution >= 4 is 11.6 Å². The number of halogens is 1. The molecule has 4 nitrogen and oxygen atoms in total. The molecule has 0 bridgehead atoms. The molecule has 0 fully saturated rings. The Labute approximate surface area is 103 Å². The summed E-state index contributed by atoms with van der Waals surface area (Å²) in [6, 6.07) is 5.66. The van der Waals surface area contributed by atoms with Crippen LogP contribution in [0.5, 0.6) is 5.75 Å². The largest absolute Gasteiger partial charge is 0.505 e. The zero-order valence-electron chi connectivity index (χ0n) is 9.64. The average Bonchev–Trinajstić information content (AvgIpc) is 2.34. The van der Waals surface area contributed by atoms with Crippen LogP contribution in [0.25, 0.3) is 0 Å². The molecule has 1 aromatic heterocycles. The van der Waals surface area contributed by atoms with Crippen LogP contribution in [-0.2, 0) is 0 Å². The Morgan fingerprint density at radius 1 is 1.39 bits per heavy atom. The highest BCUT2D eigenvalue weighted by Gasteiger charge is 2.11. The topological polar surface area (TPSA) is 62.2 Å². The van der Waals surface area contributed by atoms with Gasteiger partial charge in [0, 0.05) is 11.9 Å². The van der Waals surface area contributed by atoms with Crippen molar-refractivity contribution in [2.75, 3.05) is 5.32 Å². The second-order valence-electron chi connectivity index (χ2n) is 3.81. The minimum Gasteiger partial charge on any atom is -0.505 e. The van der Waals surface area contributed by atoms with E-state index in [0.717, 1.165) is 0 Å². The molecule has 1 aromatic carbocycles. The SMILES string of the molecule is Cc1cc(NC(=O)c2ccncc2O)ccc1F. The lowest BCUT2D eigenvalue weighted by Gasteiger charge is -2.07. The standard InChI is InChI=1S/C13H11FN2O2/c1-8-6-9(2-3-11(8)14)16-13(18)10-4-5-15-7-12(10)17/h2-7,17H,1H3,(H,16,18). The summed E-state index contributed by atoms with van der Waals surface area (Å²) in [4.78, 5) is 15.5. The number of aromatic hydroxyl groups is 1. The predicted molar refractivity (Wildman–Crippen MR) is 65.0 cm³/mol. The second-order valence-corrected chi connectivity index (χ2v) is 3.81. The summed E-state index contributed by atoms with van der Waals surface area (Å²) in [5.41, 5.74) is 1.02. The van der Waals surface area contributed by atoms with E-state index in [1.165, 1.54) is 36.7 Å². The molecule has 0 aliphatic rings. The number of aryl methyl sites for hydroxylation is 1. The number of nitrogens with one attached hydrogen (secondary N) is 1. The first-order valence-corrected chi connectivity index (χ1v) is 5.28. The molecule has 0 spiro atoms. The highest BCUT2D eigenvalue weighted by molar-refractivity contribution is 6.05. The first-order chi connectivity index (χ1) is 8.58. The summed E-state index contributed by atoms with van der Waals surface area (Å²) in [7, 11) is 0. The molecule has 0 saturated heterocycles. The van der Waals surface area contributed by atoms with Crippen LogP contribution in [-0.4, -0.2) is 16.0 Å². The minimum absolute atomic E-state index is 0.118. The molecule has 18 heavy (non-hydrogen) atoms. The van der Waals surface area contributed by atoms with Crippen LogP contribution in [0, 0.1) is 12.7 Å². The quantitative estimate of drug-likeness (QED) is 0.855. The van der Waals surface area contributed by atoms with E-state index < -0.39 is 5.91 Å². The van der Waals surface area contributed by atoms with Crippen LogP contribution >= 0.6 is 0 Å². The lowest BCUT2D eigenvalue weighted by molar-refractivity contribution is 0.102. The van der Waals surface area contributed by atoms with Gasteiger partial charge < -0.3 is 10.4 Å². The second kappa shape index (κ2) is 4.83. The van der Waals surface area contributed by atoms with Gasteiger partial charge in [0.05, 0.1) is 11.8 Å². The van der Waals surface area contributed by atoms with E-state index >= 15 is 0 Å². The molecule has 2 N–H and O–H groups in total. The molecule has 92 valence electrons. The van der Waals surface area contributed by atoms with Gasteiger partial charge in [0.1, 0.15) is 11.6 Å². The molecule has 0 atom stereocenters.